The summed E-state index contributed by atoms with van der Waals surface area (Å²) in [6.45, 7) is 9.13. The second kappa shape index (κ2) is 10.7. The molecular weight excluding hydrogens is 254 g/mol. The van der Waals surface area contributed by atoms with Crippen molar-refractivity contribution in [2.75, 3.05) is 5.32 Å². The molecule has 0 aliphatic heterocycles. The molecule has 0 atom stereocenters. The number of hydrogen-bond acceptors (Lipinski definition) is 1. The van der Waals surface area contributed by atoms with Crippen molar-refractivity contribution < 1.29 is 0 Å². The third-order valence-electron chi connectivity index (χ3n) is 4.25. The topological polar surface area (TPSA) is 12.0 Å². The molecule has 0 amide bonds. The second-order valence-corrected chi connectivity index (χ2v) is 6.57. The Morgan fingerprint density at radius 2 is 1.43 bits per heavy atom. The number of hydrogen-bond donors (Lipinski definition) is 1. The highest BCUT2D eigenvalue weighted by atomic mass is 14.9. The molecular formula is C20H35N. The fourth-order valence-electron chi connectivity index (χ4n) is 2.92. The van der Waals surface area contributed by atoms with Crippen LogP contribution in [0, 0.1) is 0 Å². The van der Waals surface area contributed by atoms with Crippen LogP contribution in [0.25, 0.3) is 0 Å². The molecule has 0 saturated heterocycles. The molecule has 0 fully saturated rings. The van der Waals surface area contributed by atoms with Crippen LogP contribution in [0.15, 0.2) is 24.3 Å². The average Bonchev–Trinajstić information content (AvgIpc) is 2.48. The van der Waals surface area contributed by atoms with Crippen molar-refractivity contribution in [2.45, 2.75) is 91.0 Å². The molecule has 1 aromatic carbocycles. The molecule has 0 radical (unpaired) electrons. The van der Waals surface area contributed by atoms with E-state index in [0.29, 0.717) is 12.0 Å². The molecule has 0 aliphatic carbocycles. The molecule has 120 valence electrons. The zero-order chi connectivity index (χ0) is 15.5. The van der Waals surface area contributed by atoms with Gasteiger partial charge in [-0.1, -0.05) is 84.4 Å². The van der Waals surface area contributed by atoms with Crippen molar-refractivity contribution in [3.63, 3.8) is 0 Å². The third-order valence-corrected chi connectivity index (χ3v) is 4.25. The molecule has 1 heteroatoms. The van der Waals surface area contributed by atoms with E-state index in [1.807, 2.05) is 0 Å². The molecule has 1 rings (SSSR count). The van der Waals surface area contributed by atoms with Gasteiger partial charge in [-0.05, 0) is 30.4 Å². The van der Waals surface area contributed by atoms with Crippen molar-refractivity contribution in [3.05, 3.63) is 29.8 Å². The van der Waals surface area contributed by atoms with Gasteiger partial charge in [-0.3, -0.25) is 0 Å². The van der Waals surface area contributed by atoms with Crippen LogP contribution in [-0.4, -0.2) is 6.04 Å². The van der Waals surface area contributed by atoms with Crippen molar-refractivity contribution in [2.24, 2.45) is 0 Å². The summed E-state index contributed by atoms with van der Waals surface area (Å²) < 4.78 is 0. The van der Waals surface area contributed by atoms with Gasteiger partial charge in [0.25, 0.3) is 0 Å². The van der Waals surface area contributed by atoms with Crippen LogP contribution in [0.2, 0.25) is 0 Å². The first-order chi connectivity index (χ1) is 10.2. The highest BCUT2D eigenvalue weighted by molar-refractivity contribution is 5.53. The van der Waals surface area contributed by atoms with E-state index >= 15 is 0 Å². The summed E-state index contributed by atoms with van der Waals surface area (Å²) in [4.78, 5) is 0. The molecule has 0 saturated carbocycles. The summed E-state index contributed by atoms with van der Waals surface area (Å²) in [5.41, 5.74) is 2.80. The van der Waals surface area contributed by atoms with E-state index in [-0.39, 0.29) is 0 Å². The molecule has 21 heavy (non-hydrogen) atoms. The molecule has 0 spiro atoms. The van der Waals surface area contributed by atoms with Gasteiger partial charge >= 0.3 is 0 Å². The van der Waals surface area contributed by atoms with E-state index in [9.17, 15) is 0 Å². The van der Waals surface area contributed by atoms with E-state index in [1.54, 1.807) is 0 Å². The maximum atomic E-state index is 3.85. The summed E-state index contributed by atoms with van der Waals surface area (Å²) in [7, 11) is 0. The van der Waals surface area contributed by atoms with Gasteiger partial charge in [0.2, 0.25) is 0 Å². The molecule has 0 bridgehead atoms. The first-order valence-electron chi connectivity index (χ1n) is 9.04. The van der Waals surface area contributed by atoms with Crippen molar-refractivity contribution in [1.82, 2.24) is 0 Å². The minimum absolute atomic E-state index is 0.584. The molecule has 0 heterocycles. The standard InChI is InChI=1S/C20H35N/c1-5-7-9-13-18(14-10-8-6-2)21-20-16-12-11-15-19(20)17(3)4/h11-12,15-18,21H,5-10,13-14H2,1-4H3. The molecule has 0 unspecified atom stereocenters. The van der Waals surface area contributed by atoms with E-state index < -0.39 is 0 Å². The Bertz CT molecular complexity index is 360. The fraction of sp³-hybridized carbons (Fsp3) is 0.700. The quantitative estimate of drug-likeness (QED) is 0.444. The van der Waals surface area contributed by atoms with Crippen LogP contribution >= 0.6 is 0 Å². The van der Waals surface area contributed by atoms with Gasteiger partial charge in [-0.2, -0.15) is 0 Å². The number of anilines is 1. The van der Waals surface area contributed by atoms with Gasteiger partial charge in [0.1, 0.15) is 0 Å². The smallest absolute Gasteiger partial charge is 0.0377 e. The van der Waals surface area contributed by atoms with Crippen LogP contribution in [0.1, 0.15) is 90.5 Å². The van der Waals surface area contributed by atoms with Gasteiger partial charge in [0.05, 0.1) is 0 Å². The monoisotopic (exact) mass is 289 g/mol. The number of rotatable bonds is 11. The van der Waals surface area contributed by atoms with Crippen molar-refractivity contribution in [3.8, 4) is 0 Å². The van der Waals surface area contributed by atoms with Gasteiger partial charge in [0.15, 0.2) is 0 Å². The van der Waals surface area contributed by atoms with Crippen LogP contribution in [0.4, 0.5) is 5.69 Å². The predicted octanol–water partition coefficient (Wildman–Crippen LogP) is 6.75. The van der Waals surface area contributed by atoms with Gasteiger partial charge in [0, 0.05) is 11.7 Å². The number of benzene rings is 1. The lowest BCUT2D eigenvalue weighted by molar-refractivity contribution is 0.526. The second-order valence-electron chi connectivity index (χ2n) is 6.57. The highest BCUT2D eigenvalue weighted by Gasteiger charge is 2.12. The fourth-order valence-corrected chi connectivity index (χ4v) is 2.92. The molecule has 0 aliphatic rings. The highest BCUT2D eigenvalue weighted by Crippen LogP contribution is 2.26. The number of para-hydroxylation sites is 1. The Kier molecular flexibility index (Phi) is 9.21. The van der Waals surface area contributed by atoms with Crippen molar-refractivity contribution >= 4 is 5.69 Å². The van der Waals surface area contributed by atoms with Gasteiger partial charge in [-0.15, -0.1) is 0 Å². The van der Waals surface area contributed by atoms with Crippen LogP contribution in [0.3, 0.4) is 0 Å². The lowest BCUT2D eigenvalue weighted by Gasteiger charge is -2.23. The number of unbranched alkanes of at least 4 members (excludes halogenated alkanes) is 4. The summed E-state index contributed by atoms with van der Waals surface area (Å²) in [6.07, 6.45) is 10.7. The lowest BCUT2D eigenvalue weighted by Crippen LogP contribution is -2.20. The molecule has 1 N–H and O–H groups in total. The molecule has 1 aromatic rings. The summed E-state index contributed by atoms with van der Waals surface area (Å²) in [6, 6.07) is 9.47. The lowest BCUT2D eigenvalue weighted by atomic mass is 9.98. The summed E-state index contributed by atoms with van der Waals surface area (Å²) in [5.74, 6) is 0.584. The SMILES string of the molecule is CCCCCC(CCCCC)Nc1ccccc1C(C)C. The van der Waals surface area contributed by atoms with E-state index in [4.69, 9.17) is 0 Å². The zero-order valence-corrected chi connectivity index (χ0v) is 14.6. The Morgan fingerprint density at radius 1 is 0.857 bits per heavy atom. The van der Waals surface area contributed by atoms with Gasteiger partial charge in [-0.25, -0.2) is 0 Å². The first kappa shape index (κ1) is 18.1. The minimum Gasteiger partial charge on any atom is -0.382 e. The van der Waals surface area contributed by atoms with E-state index in [0.717, 1.165) is 0 Å². The first-order valence-corrected chi connectivity index (χ1v) is 9.04. The average molecular weight is 290 g/mol. The Hall–Kier alpha value is -0.980. The summed E-state index contributed by atoms with van der Waals surface area (Å²) in [5, 5.41) is 3.85. The Labute approximate surface area is 132 Å². The minimum atomic E-state index is 0.584. The third kappa shape index (κ3) is 7.02. The maximum absolute atomic E-state index is 3.85. The Balaban J connectivity index is 2.65. The van der Waals surface area contributed by atoms with Gasteiger partial charge < -0.3 is 5.32 Å². The maximum Gasteiger partial charge on any atom is 0.0377 e. The van der Waals surface area contributed by atoms with Crippen LogP contribution in [0.5, 0.6) is 0 Å². The Morgan fingerprint density at radius 3 is 1.95 bits per heavy atom. The van der Waals surface area contributed by atoms with Crippen LogP contribution < -0.4 is 5.32 Å². The van der Waals surface area contributed by atoms with Crippen LogP contribution in [-0.2, 0) is 0 Å². The van der Waals surface area contributed by atoms with E-state index in [2.05, 4.69) is 57.3 Å². The summed E-state index contributed by atoms with van der Waals surface area (Å²) >= 11 is 0. The molecule has 0 aromatic heterocycles. The largest absolute Gasteiger partial charge is 0.382 e. The normalized spacial score (nSPS) is 11.3. The molecule has 1 nitrogen and oxygen atoms in total. The van der Waals surface area contributed by atoms with E-state index in [1.165, 1.54) is 62.6 Å². The zero-order valence-electron chi connectivity index (χ0n) is 14.6. The number of nitrogens with one attached hydrogen (secondary N) is 1. The van der Waals surface area contributed by atoms with Crippen molar-refractivity contribution in [1.29, 1.82) is 0 Å². The predicted molar refractivity (Wildman–Crippen MR) is 96.2 cm³/mol.